The zero-order valence-corrected chi connectivity index (χ0v) is 13.9. The number of guanidine groups is 1. The van der Waals surface area contributed by atoms with Crippen molar-refractivity contribution in [3.63, 3.8) is 0 Å². The van der Waals surface area contributed by atoms with Crippen molar-refractivity contribution in [3.8, 4) is 11.5 Å². The Morgan fingerprint density at radius 1 is 1.20 bits per heavy atom. The van der Waals surface area contributed by atoms with Crippen molar-refractivity contribution in [2.24, 2.45) is 15.9 Å². The number of nitrogens with zero attached hydrogens (tertiary/aromatic N) is 2. The SMILES string of the molecule is Cc1ccc(S(=O)(=O)ONC(N)=NN=Cc2cccc(O)c2O)cc1. The third-order valence-corrected chi connectivity index (χ3v) is 4.13. The van der Waals surface area contributed by atoms with Crippen molar-refractivity contribution < 1.29 is 22.9 Å². The third kappa shape index (κ3) is 4.93. The van der Waals surface area contributed by atoms with Gasteiger partial charge in [0.15, 0.2) is 11.5 Å². The van der Waals surface area contributed by atoms with Crippen LogP contribution in [0.25, 0.3) is 0 Å². The molecule has 0 bridgehead atoms. The zero-order chi connectivity index (χ0) is 18.4. The summed E-state index contributed by atoms with van der Waals surface area (Å²) >= 11 is 0. The second-order valence-corrected chi connectivity index (χ2v) is 6.44. The first-order chi connectivity index (χ1) is 11.8. The maximum atomic E-state index is 11.9. The molecule has 0 saturated heterocycles. The minimum atomic E-state index is -4.06. The van der Waals surface area contributed by atoms with E-state index in [9.17, 15) is 18.6 Å². The summed E-state index contributed by atoms with van der Waals surface area (Å²) in [5.41, 5.74) is 8.50. The van der Waals surface area contributed by atoms with Gasteiger partial charge in [-0.1, -0.05) is 23.8 Å². The molecule has 0 radical (unpaired) electrons. The van der Waals surface area contributed by atoms with E-state index in [1.165, 1.54) is 30.3 Å². The first-order valence-electron chi connectivity index (χ1n) is 6.93. The van der Waals surface area contributed by atoms with Gasteiger partial charge in [0.2, 0.25) is 5.96 Å². The number of phenols is 2. The van der Waals surface area contributed by atoms with Crippen LogP contribution in [0.1, 0.15) is 11.1 Å². The van der Waals surface area contributed by atoms with E-state index in [1.54, 1.807) is 12.1 Å². The van der Waals surface area contributed by atoms with E-state index in [-0.39, 0.29) is 22.0 Å². The lowest BCUT2D eigenvalue weighted by atomic mass is 10.2. The quantitative estimate of drug-likeness (QED) is 0.267. The van der Waals surface area contributed by atoms with E-state index < -0.39 is 16.1 Å². The van der Waals surface area contributed by atoms with Crippen molar-refractivity contribution >= 4 is 22.3 Å². The number of nitrogens with one attached hydrogen (secondary N) is 1. The van der Waals surface area contributed by atoms with E-state index in [0.717, 1.165) is 11.8 Å². The van der Waals surface area contributed by atoms with Crippen LogP contribution in [0, 0.1) is 6.92 Å². The zero-order valence-electron chi connectivity index (χ0n) is 13.1. The molecule has 10 heteroatoms. The molecule has 2 aromatic carbocycles. The Hall–Kier alpha value is -3.11. The predicted molar refractivity (Wildman–Crippen MR) is 91.6 cm³/mol. The van der Waals surface area contributed by atoms with Gasteiger partial charge in [0.25, 0.3) is 0 Å². The number of hydroxylamine groups is 1. The summed E-state index contributed by atoms with van der Waals surface area (Å²) in [5, 5.41) is 25.9. The fourth-order valence-electron chi connectivity index (χ4n) is 1.68. The highest BCUT2D eigenvalue weighted by atomic mass is 32.2. The van der Waals surface area contributed by atoms with E-state index in [4.69, 9.17) is 5.73 Å². The van der Waals surface area contributed by atoms with Crippen LogP contribution in [0.15, 0.2) is 57.6 Å². The molecule has 0 fully saturated rings. The van der Waals surface area contributed by atoms with Gasteiger partial charge < -0.3 is 15.9 Å². The molecule has 25 heavy (non-hydrogen) atoms. The second kappa shape index (κ2) is 7.64. The summed E-state index contributed by atoms with van der Waals surface area (Å²) in [4.78, 5) is -0.0495. The van der Waals surface area contributed by atoms with Gasteiger partial charge in [-0.25, -0.2) is 5.48 Å². The lowest BCUT2D eigenvalue weighted by Crippen LogP contribution is -2.33. The molecule has 0 spiro atoms. The summed E-state index contributed by atoms with van der Waals surface area (Å²) < 4.78 is 28.4. The number of nitrogens with two attached hydrogens (primary N) is 1. The normalized spacial score (nSPS) is 12.4. The van der Waals surface area contributed by atoms with Crippen LogP contribution in [-0.4, -0.2) is 30.8 Å². The number of hydrogen-bond acceptors (Lipinski definition) is 7. The Labute approximate surface area is 144 Å². The van der Waals surface area contributed by atoms with Crippen molar-refractivity contribution in [1.29, 1.82) is 0 Å². The van der Waals surface area contributed by atoms with Gasteiger partial charge >= 0.3 is 10.1 Å². The fourth-order valence-corrected chi connectivity index (χ4v) is 2.44. The van der Waals surface area contributed by atoms with Gasteiger partial charge in [-0.3, -0.25) is 0 Å². The van der Waals surface area contributed by atoms with Crippen LogP contribution in [0.3, 0.4) is 0 Å². The van der Waals surface area contributed by atoms with Gasteiger partial charge in [0, 0.05) is 5.56 Å². The van der Waals surface area contributed by atoms with Crippen LogP contribution >= 0.6 is 0 Å². The largest absolute Gasteiger partial charge is 0.504 e. The number of rotatable bonds is 5. The first-order valence-corrected chi connectivity index (χ1v) is 8.34. The van der Waals surface area contributed by atoms with Gasteiger partial charge in [-0.15, -0.1) is 9.39 Å². The molecule has 9 nitrogen and oxygen atoms in total. The van der Waals surface area contributed by atoms with Crippen molar-refractivity contribution in [1.82, 2.24) is 5.48 Å². The lowest BCUT2D eigenvalue weighted by molar-refractivity contribution is 0.266. The lowest BCUT2D eigenvalue weighted by Gasteiger charge is -2.06. The average molecular weight is 364 g/mol. The highest BCUT2D eigenvalue weighted by Gasteiger charge is 2.15. The molecule has 0 aromatic heterocycles. The van der Waals surface area contributed by atoms with Gasteiger partial charge in [0.05, 0.1) is 11.1 Å². The highest BCUT2D eigenvalue weighted by Crippen LogP contribution is 2.26. The van der Waals surface area contributed by atoms with E-state index >= 15 is 0 Å². The van der Waals surface area contributed by atoms with Crippen LogP contribution in [0.5, 0.6) is 11.5 Å². The molecule has 2 rings (SSSR count). The minimum absolute atomic E-state index is 0.0495. The standard InChI is InChI=1S/C15H16N4O5S/c1-10-5-7-12(8-6-10)25(22,23)24-19-15(16)18-17-9-11-3-2-4-13(20)14(11)21/h2-9,20-21H,1H3,(H3,16,18,19). The maximum Gasteiger partial charge on any atom is 0.317 e. The smallest absolute Gasteiger partial charge is 0.317 e. The Morgan fingerprint density at radius 2 is 1.88 bits per heavy atom. The molecule has 0 heterocycles. The van der Waals surface area contributed by atoms with Crippen LogP contribution in [0.4, 0.5) is 0 Å². The number of phenolic OH excluding ortho intramolecular Hbond substituents is 2. The van der Waals surface area contributed by atoms with Gasteiger partial charge in [-0.2, -0.15) is 13.5 Å². The molecule has 0 unspecified atom stereocenters. The maximum absolute atomic E-state index is 11.9. The monoisotopic (exact) mass is 364 g/mol. The summed E-state index contributed by atoms with van der Waals surface area (Å²) in [6.45, 7) is 1.82. The van der Waals surface area contributed by atoms with Crippen molar-refractivity contribution in [2.45, 2.75) is 11.8 Å². The number of hydrogen-bond donors (Lipinski definition) is 4. The number of aryl methyl sites for hydroxylation is 1. The molecule has 0 atom stereocenters. The summed E-state index contributed by atoms with van der Waals surface area (Å²) in [7, 11) is -4.06. The molecular formula is C15H16N4O5S. The average Bonchev–Trinajstić information content (AvgIpc) is 2.57. The molecule has 132 valence electrons. The Balaban J connectivity index is 2.00. The van der Waals surface area contributed by atoms with Crippen LogP contribution in [-0.2, 0) is 14.4 Å². The Kier molecular flexibility index (Phi) is 5.57. The molecule has 0 amide bonds. The third-order valence-electron chi connectivity index (χ3n) is 2.97. The first kappa shape index (κ1) is 18.2. The van der Waals surface area contributed by atoms with Crippen molar-refractivity contribution in [3.05, 3.63) is 53.6 Å². The number of para-hydroxylation sites is 1. The Bertz CT molecular complexity index is 908. The van der Waals surface area contributed by atoms with E-state index in [1.807, 2.05) is 12.4 Å². The van der Waals surface area contributed by atoms with Crippen molar-refractivity contribution in [2.75, 3.05) is 0 Å². The minimum Gasteiger partial charge on any atom is -0.504 e. The number of aromatic hydroxyl groups is 2. The predicted octanol–water partition coefficient (Wildman–Crippen LogP) is 0.965. The molecule has 2 aromatic rings. The molecule has 0 aliphatic heterocycles. The molecular weight excluding hydrogens is 348 g/mol. The number of benzene rings is 2. The van der Waals surface area contributed by atoms with Crippen LogP contribution in [0.2, 0.25) is 0 Å². The van der Waals surface area contributed by atoms with Gasteiger partial charge in [-0.05, 0) is 31.2 Å². The van der Waals surface area contributed by atoms with E-state index in [0.29, 0.717) is 0 Å². The molecule has 5 N–H and O–H groups in total. The summed E-state index contributed by atoms with van der Waals surface area (Å²) in [6.07, 6.45) is 1.12. The summed E-state index contributed by atoms with van der Waals surface area (Å²) in [6, 6.07) is 10.3. The molecule has 0 saturated carbocycles. The molecule has 0 aliphatic rings. The fraction of sp³-hybridized carbons (Fsp3) is 0.0667. The Morgan fingerprint density at radius 3 is 2.56 bits per heavy atom. The second-order valence-electron chi connectivity index (χ2n) is 4.90. The van der Waals surface area contributed by atoms with Crippen LogP contribution < -0.4 is 11.2 Å². The van der Waals surface area contributed by atoms with Gasteiger partial charge in [0.1, 0.15) is 0 Å². The topological polar surface area (TPSA) is 147 Å². The highest BCUT2D eigenvalue weighted by molar-refractivity contribution is 7.86. The van der Waals surface area contributed by atoms with E-state index in [2.05, 4.69) is 14.5 Å². The summed E-state index contributed by atoms with van der Waals surface area (Å²) in [5.74, 6) is -1.11. The molecule has 0 aliphatic carbocycles.